The third-order valence-electron chi connectivity index (χ3n) is 6.69. The highest BCUT2D eigenvalue weighted by atomic mass is 79.9. The van der Waals surface area contributed by atoms with Gasteiger partial charge >= 0.3 is 5.97 Å². The van der Waals surface area contributed by atoms with E-state index in [2.05, 4.69) is 15.9 Å². The third-order valence-corrected chi connectivity index (χ3v) is 8.87. The van der Waals surface area contributed by atoms with Gasteiger partial charge < -0.3 is 14.2 Å². The van der Waals surface area contributed by atoms with Crippen LogP contribution in [0.2, 0.25) is 10.0 Å². The van der Waals surface area contributed by atoms with E-state index in [-0.39, 0.29) is 12.2 Å². The van der Waals surface area contributed by atoms with E-state index in [9.17, 15) is 9.59 Å². The smallest absolute Gasteiger partial charge is 0.338 e. The van der Waals surface area contributed by atoms with Crippen molar-refractivity contribution < 1.29 is 19.0 Å². The SMILES string of the molecule is CCC1=C(C(=O)OC)[C@@H](c2ccccc2)n2c(s/c(=C/c3cc(Br)cc(OC)c3OCc3ccc(Cl)c(Cl)c3)c2=O)=N1. The molecule has 0 radical (unpaired) electrons. The van der Waals surface area contributed by atoms with Crippen molar-refractivity contribution >= 4 is 62.5 Å². The largest absolute Gasteiger partial charge is 0.493 e. The lowest BCUT2D eigenvalue weighted by atomic mass is 9.95. The predicted octanol–water partition coefficient (Wildman–Crippen LogP) is 6.46. The molecule has 0 saturated carbocycles. The average molecular weight is 688 g/mol. The lowest BCUT2D eigenvalue weighted by molar-refractivity contribution is -0.136. The fourth-order valence-corrected chi connectivity index (χ4v) is 6.53. The van der Waals surface area contributed by atoms with Gasteiger partial charge in [-0.25, -0.2) is 9.79 Å². The number of thiazole rings is 1. The number of carbonyl (C=O) groups excluding carboxylic acids is 1. The number of allylic oxidation sites excluding steroid dienone is 1. The lowest BCUT2D eigenvalue weighted by Crippen LogP contribution is -2.40. The zero-order valence-electron chi connectivity index (χ0n) is 22.8. The number of halogens is 3. The molecule has 1 aliphatic rings. The minimum Gasteiger partial charge on any atom is -0.493 e. The Morgan fingerprint density at radius 2 is 1.86 bits per heavy atom. The summed E-state index contributed by atoms with van der Waals surface area (Å²) in [6.45, 7) is 2.11. The Kier molecular flexibility index (Phi) is 9.22. The van der Waals surface area contributed by atoms with Crippen LogP contribution in [-0.4, -0.2) is 24.8 Å². The molecule has 0 fully saturated rings. The number of methoxy groups -OCH3 is 2. The lowest BCUT2D eigenvalue weighted by Gasteiger charge is -2.25. The molecule has 3 aromatic carbocycles. The van der Waals surface area contributed by atoms with Crippen LogP contribution in [0.25, 0.3) is 6.08 Å². The highest BCUT2D eigenvalue weighted by molar-refractivity contribution is 9.10. The van der Waals surface area contributed by atoms with Gasteiger partial charge in [-0.05, 0) is 47.9 Å². The van der Waals surface area contributed by atoms with Gasteiger partial charge in [0.1, 0.15) is 6.61 Å². The van der Waals surface area contributed by atoms with Crippen LogP contribution < -0.4 is 24.4 Å². The molecule has 42 heavy (non-hydrogen) atoms. The third kappa shape index (κ3) is 5.92. The molecule has 2 heterocycles. The Hall–Kier alpha value is -3.37. The van der Waals surface area contributed by atoms with Crippen LogP contribution >= 0.6 is 50.5 Å². The van der Waals surface area contributed by atoms with Gasteiger partial charge in [0.25, 0.3) is 5.56 Å². The molecule has 0 spiro atoms. The summed E-state index contributed by atoms with van der Waals surface area (Å²) < 4.78 is 19.7. The molecule has 1 aromatic heterocycles. The van der Waals surface area contributed by atoms with E-state index >= 15 is 0 Å². The number of hydrogen-bond donors (Lipinski definition) is 0. The molecule has 0 aliphatic carbocycles. The summed E-state index contributed by atoms with van der Waals surface area (Å²) in [5.41, 5.74) is 2.84. The first-order chi connectivity index (χ1) is 20.2. The van der Waals surface area contributed by atoms with Crippen LogP contribution in [0.1, 0.15) is 36.1 Å². The zero-order chi connectivity index (χ0) is 30.0. The zero-order valence-corrected chi connectivity index (χ0v) is 26.7. The molecule has 0 unspecified atom stereocenters. The highest BCUT2D eigenvalue weighted by Gasteiger charge is 2.33. The molecule has 11 heteroatoms. The summed E-state index contributed by atoms with van der Waals surface area (Å²) in [5.74, 6) is 0.405. The maximum atomic E-state index is 14.0. The number of fused-ring (bicyclic) bond motifs is 1. The van der Waals surface area contributed by atoms with E-state index < -0.39 is 12.0 Å². The van der Waals surface area contributed by atoms with Gasteiger partial charge in [-0.3, -0.25) is 9.36 Å². The van der Waals surface area contributed by atoms with E-state index in [1.807, 2.05) is 49.4 Å². The van der Waals surface area contributed by atoms with E-state index in [0.717, 1.165) is 15.6 Å². The minimum absolute atomic E-state index is 0.188. The number of benzene rings is 3. The summed E-state index contributed by atoms with van der Waals surface area (Å²) >= 11 is 17.0. The predicted molar refractivity (Wildman–Crippen MR) is 168 cm³/mol. The second-order valence-electron chi connectivity index (χ2n) is 9.26. The van der Waals surface area contributed by atoms with Crippen LogP contribution in [0, 0.1) is 0 Å². The Morgan fingerprint density at radius 3 is 2.52 bits per heavy atom. The van der Waals surface area contributed by atoms with Crippen molar-refractivity contribution in [2.24, 2.45) is 4.99 Å². The standard InChI is InChI=1S/C31H25BrCl2N2O5S/c1-4-23-26(30(38)40-3)27(18-8-6-5-7-9-18)36-29(37)25(42-31(36)35-23)14-19-13-20(32)15-24(39-2)28(19)41-16-17-10-11-21(33)22(34)12-17/h5-15,27H,4,16H2,1-3H3/b25-14+/t27-/m1/s1. The summed E-state index contributed by atoms with van der Waals surface area (Å²) in [7, 11) is 2.88. The van der Waals surface area contributed by atoms with E-state index in [4.69, 9.17) is 42.4 Å². The van der Waals surface area contributed by atoms with Crippen molar-refractivity contribution in [3.8, 4) is 11.5 Å². The van der Waals surface area contributed by atoms with Gasteiger partial charge in [-0.15, -0.1) is 0 Å². The van der Waals surface area contributed by atoms with Crippen molar-refractivity contribution in [1.82, 2.24) is 4.57 Å². The number of hydrogen-bond acceptors (Lipinski definition) is 7. The summed E-state index contributed by atoms with van der Waals surface area (Å²) in [5, 5.41) is 0.876. The summed E-state index contributed by atoms with van der Waals surface area (Å²) in [6, 6.07) is 17.6. The van der Waals surface area contributed by atoms with Crippen LogP contribution in [0.15, 0.2) is 86.2 Å². The second-order valence-corrected chi connectivity index (χ2v) is 12.0. The van der Waals surface area contributed by atoms with Crippen molar-refractivity contribution in [3.05, 3.63) is 123 Å². The fraction of sp³-hybridized carbons (Fsp3) is 0.194. The molecule has 1 aliphatic heterocycles. The van der Waals surface area contributed by atoms with Gasteiger partial charge in [-0.1, -0.05) is 93.8 Å². The number of ether oxygens (including phenoxy) is 3. The van der Waals surface area contributed by atoms with E-state index in [1.54, 1.807) is 36.0 Å². The van der Waals surface area contributed by atoms with Crippen molar-refractivity contribution in [3.63, 3.8) is 0 Å². The summed E-state index contributed by atoms with van der Waals surface area (Å²) in [6.07, 6.45) is 2.24. The monoisotopic (exact) mass is 686 g/mol. The number of aromatic nitrogens is 1. The molecule has 216 valence electrons. The Labute approximate surface area is 264 Å². The molecule has 0 N–H and O–H groups in total. The van der Waals surface area contributed by atoms with Gasteiger partial charge in [0.2, 0.25) is 0 Å². The molecule has 1 atom stereocenters. The Bertz CT molecular complexity index is 1890. The van der Waals surface area contributed by atoms with Crippen LogP contribution in [0.5, 0.6) is 11.5 Å². The average Bonchev–Trinajstić information content (AvgIpc) is 3.31. The molecule has 0 bridgehead atoms. The Morgan fingerprint density at radius 1 is 1.10 bits per heavy atom. The normalized spacial score (nSPS) is 14.8. The van der Waals surface area contributed by atoms with Crippen LogP contribution in [-0.2, 0) is 16.1 Å². The van der Waals surface area contributed by atoms with Crippen molar-refractivity contribution in [1.29, 1.82) is 0 Å². The maximum absolute atomic E-state index is 14.0. The molecule has 5 rings (SSSR count). The van der Waals surface area contributed by atoms with Gasteiger partial charge in [0.15, 0.2) is 16.3 Å². The first-order valence-electron chi connectivity index (χ1n) is 12.9. The number of rotatable bonds is 8. The minimum atomic E-state index is -0.686. The first-order valence-corrected chi connectivity index (χ1v) is 15.2. The second kappa shape index (κ2) is 12.9. The molecule has 0 amide bonds. The molecule has 7 nitrogen and oxygen atoms in total. The molecule has 4 aromatic rings. The van der Waals surface area contributed by atoms with Gasteiger partial charge in [-0.2, -0.15) is 0 Å². The summed E-state index contributed by atoms with van der Waals surface area (Å²) in [4.78, 5) is 32.3. The molecular formula is C31H25BrCl2N2O5S. The highest BCUT2D eigenvalue weighted by Crippen LogP contribution is 2.37. The number of esters is 1. The molecule has 0 saturated heterocycles. The molecular weight excluding hydrogens is 663 g/mol. The van der Waals surface area contributed by atoms with Crippen LogP contribution in [0.3, 0.4) is 0 Å². The number of carbonyl (C=O) groups is 1. The topological polar surface area (TPSA) is 79.1 Å². The first kappa shape index (κ1) is 30.1. The van der Waals surface area contributed by atoms with Gasteiger partial charge in [0.05, 0.1) is 46.1 Å². The Balaban J connectivity index is 1.67. The van der Waals surface area contributed by atoms with E-state index in [1.165, 1.54) is 18.4 Å². The van der Waals surface area contributed by atoms with E-state index in [0.29, 0.717) is 54.1 Å². The van der Waals surface area contributed by atoms with Crippen LogP contribution in [0.4, 0.5) is 0 Å². The van der Waals surface area contributed by atoms with Crippen molar-refractivity contribution in [2.45, 2.75) is 26.0 Å². The van der Waals surface area contributed by atoms with Crippen molar-refractivity contribution in [2.75, 3.05) is 14.2 Å². The maximum Gasteiger partial charge on any atom is 0.338 e. The fourth-order valence-electron chi connectivity index (χ4n) is 4.74. The quantitative estimate of drug-likeness (QED) is 0.199. The number of nitrogens with zero attached hydrogens (tertiary/aromatic N) is 2. The van der Waals surface area contributed by atoms with Gasteiger partial charge in [0, 0.05) is 10.0 Å².